The first-order valence-corrected chi connectivity index (χ1v) is 6.38. The number of hydrogen-bond donors (Lipinski definition) is 1. The van der Waals surface area contributed by atoms with Crippen LogP contribution in [0.25, 0.3) is 10.8 Å². The summed E-state index contributed by atoms with van der Waals surface area (Å²) in [6.45, 7) is 2.14. The van der Waals surface area contributed by atoms with Crippen LogP contribution in [0.3, 0.4) is 0 Å². The summed E-state index contributed by atoms with van der Waals surface area (Å²) in [4.78, 5) is 0. The third-order valence-electron chi connectivity index (χ3n) is 2.55. The molecule has 1 nitrogen and oxygen atoms in total. The molecule has 2 N–H and O–H groups in total. The largest absolute Gasteiger partial charge is 0.397 e. The van der Waals surface area contributed by atoms with Crippen molar-refractivity contribution in [1.82, 2.24) is 0 Å². The minimum Gasteiger partial charge on any atom is -0.397 e. The highest BCUT2D eigenvalue weighted by molar-refractivity contribution is 9.11. The number of benzene rings is 2. The lowest BCUT2D eigenvalue weighted by Crippen LogP contribution is -1.91. The Morgan fingerprint density at radius 3 is 2.47 bits per heavy atom. The molecule has 3 heteroatoms. The summed E-state index contributed by atoms with van der Waals surface area (Å²) < 4.78 is 2.01. The average molecular weight is 329 g/mol. The molecule has 0 aliphatic heterocycles. The molecule has 0 amide bonds. The normalized spacial score (nSPS) is 10.9. The number of anilines is 1. The molecular weight excluding hydrogens is 318 g/mol. The Morgan fingerprint density at radius 1 is 1.07 bits per heavy atom. The van der Waals surface area contributed by atoms with Crippen LogP contribution in [0.4, 0.5) is 5.69 Å². The molecule has 0 radical (unpaired) electrons. The first-order chi connectivity index (χ1) is 7.13. The van der Waals surface area contributed by atoms with E-state index in [1.54, 1.807) is 0 Å². The van der Waals surface area contributed by atoms with Gasteiger partial charge in [0.05, 0.1) is 5.69 Å². The van der Waals surface area contributed by atoms with Crippen LogP contribution in [0.15, 0.2) is 33.2 Å². The number of halogens is 2. The van der Waals surface area contributed by atoms with Crippen LogP contribution in [0.1, 0.15) is 12.5 Å². The highest BCUT2D eigenvalue weighted by Gasteiger charge is 2.06. The standard InChI is InChI=1S/C12H11Br2N/c1-2-7-3-4-8-9(5-7)12(15)11(14)6-10(8)13/h3-6H,2,15H2,1H3. The van der Waals surface area contributed by atoms with Gasteiger partial charge in [-0.25, -0.2) is 0 Å². The van der Waals surface area contributed by atoms with E-state index in [9.17, 15) is 0 Å². The van der Waals surface area contributed by atoms with E-state index in [1.807, 2.05) is 6.07 Å². The third kappa shape index (κ3) is 1.91. The maximum absolute atomic E-state index is 6.04. The van der Waals surface area contributed by atoms with Crippen LogP contribution >= 0.6 is 31.9 Å². The number of nitrogens with two attached hydrogens (primary N) is 1. The number of rotatable bonds is 1. The summed E-state index contributed by atoms with van der Waals surface area (Å²) in [5, 5.41) is 2.27. The molecule has 0 saturated carbocycles. The Labute approximate surface area is 106 Å². The second-order valence-corrected chi connectivity index (χ2v) is 5.20. The number of fused-ring (bicyclic) bond motifs is 1. The van der Waals surface area contributed by atoms with Gasteiger partial charge in [0.1, 0.15) is 0 Å². The van der Waals surface area contributed by atoms with E-state index in [0.717, 1.165) is 31.8 Å². The topological polar surface area (TPSA) is 26.0 Å². The van der Waals surface area contributed by atoms with E-state index in [1.165, 1.54) is 5.56 Å². The maximum Gasteiger partial charge on any atom is 0.0539 e. The molecule has 0 fully saturated rings. The first-order valence-electron chi connectivity index (χ1n) is 4.79. The predicted octanol–water partition coefficient (Wildman–Crippen LogP) is 4.51. The smallest absolute Gasteiger partial charge is 0.0539 e. The van der Waals surface area contributed by atoms with Crippen LogP contribution in [0.5, 0.6) is 0 Å². The van der Waals surface area contributed by atoms with Crippen LogP contribution in [-0.2, 0) is 6.42 Å². The van der Waals surface area contributed by atoms with E-state index in [-0.39, 0.29) is 0 Å². The van der Waals surface area contributed by atoms with Gasteiger partial charge in [0.15, 0.2) is 0 Å². The molecule has 0 unspecified atom stereocenters. The Morgan fingerprint density at radius 2 is 1.80 bits per heavy atom. The fourth-order valence-corrected chi connectivity index (χ4v) is 2.96. The molecule has 0 aliphatic carbocycles. The van der Waals surface area contributed by atoms with Crippen molar-refractivity contribution >= 4 is 48.3 Å². The lowest BCUT2D eigenvalue weighted by molar-refractivity contribution is 1.15. The first kappa shape index (κ1) is 11.0. The Hall–Kier alpha value is -0.540. The molecule has 78 valence electrons. The molecule has 0 aromatic heterocycles. The van der Waals surface area contributed by atoms with E-state index in [4.69, 9.17) is 5.73 Å². The van der Waals surface area contributed by atoms with Crippen molar-refractivity contribution in [2.75, 3.05) is 5.73 Å². The summed E-state index contributed by atoms with van der Waals surface area (Å²) in [6.07, 6.45) is 1.03. The summed E-state index contributed by atoms with van der Waals surface area (Å²) in [5.74, 6) is 0. The average Bonchev–Trinajstić information content (AvgIpc) is 2.25. The van der Waals surface area contributed by atoms with Gasteiger partial charge in [-0.3, -0.25) is 0 Å². The van der Waals surface area contributed by atoms with Gasteiger partial charge in [-0.1, -0.05) is 35.0 Å². The van der Waals surface area contributed by atoms with Crippen molar-refractivity contribution in [3.05, 3.63) is 38.8 Å². The summed E-state index contributed by atoms with van der Waals surface area (Å²) in [5.41, 5.74) is 8.16. The van der Waals surface area contributed by atoms with Crippen LogP contribution in [0.2, 0.25) is 0 Å². The van der Waals surface area contributed by atoms with Gasteiger partial charge in [0.2, 0.25) is 0 Å². The number of aryl methyl sites for hydroxylation is 1. The number of hydrogen-bond acceptors (Lipinski definition) is 1. The van der Waals surface area contributed by atoms with Crippen molar-refractivity contribution in [2.45, 2.75) is 13.3 Å². The predicted molar refractivity (Wildman–Crippen MR) is 73.1 cm³/mol. The SMILES string of the molecule is CCc1ccc2c(Br)cc(Br)c(N)c2c1. The van der Waals surface area contributed by atoms with Crippen molar-refractivity contribution in [3.8, 4) is 0 Å². The zero-order chi connectivity index (χ0) is 11.0. The van der Waals surface area contributed by atoms with Crippen LogP contribution in [0, 0.1) is 0 Å². The second-order valence-electron chi connectivity index (χ2n) is 3.49. The van der Waals surface area contributed by atoms with Gasteiger partial charge in [-0.05, 0) is 45.4 Å². The lowest BCUT2D eigenvalue weighted by atomic mass is 10.0. The number of nitrogen functional groups attached to an aromatic ring is 1. The molecule has 0 bridgehead atoms. The quantitative estimate of drug-likeness (QED) is 0.766. The molecule has 15 heavy (non-hydrogen) atoms. The molecule has 2 aromatic carbocycles. The van der Waals surface area contributed by atoms with Gasteiger partial charge in [0, 0.05) is 14.3 Å². The Balaban J connectivity index is 2.85. The van der Waals surface area contributed by atoms with E-state index in [2.05, 4.69) is 57.0 Å². The maximum atomic E-state index is 6.04. The minimum atomic E-state index is 0.809. The molecule has 0 spiro atoms. The molecule has 2 aromatic rings. The summed E-state index contributed by atoms with van der Waals surface area (Å²) in [6, 6.07) is 8.39. The van der Waals surface area contributed by atoms with Gasteiger partial charge in [-0.2, -0.15) is 0 Å². The van der Waals surface area contributed by atoms with Gasteiger partial charge in [-0.15, -0.1) is 0 Å². The van der Waals surface area contributed by atoms with E-state index in [0.29, 0.717) is 0 Å². The van der Waals surface area contributed by atoms with E-state index >= 15 is 0 Å². The molecule has 0 heterocycles. The van der Waals surface area contributed by atoms with Crippen LogP contribution < -0.4 is 5.73 Å². The van der Waals surface area contributed by atoms with Crippen molar-refractivity contribution in [2.24, 2.45) is 0 Å². The van der Waals surface area contributed by atoms with Gasteiger partial charge < -0.3 is 5.73 Å². The highest BCUT2D eigenvalue weighted by Crippen LogP contribution is 2.35. The monoisotopic (exact) mass is 327 g/mol. The Kier molecular flexibility index (Phi) is 3.03. The van der Waals surface area contributed by atoms with Crippen molar-refractivity contribution in [1.29, 1.82) is 0 Å². The molecule has 0 aliphatic rings. The van der Waals surface area contributed by atoms with Crippen molar-refractivity contribution in [3.63, 3.8) is 0 Å². The second kappa shape index (κ2) is 4.14. The van der Waals surface area contributed by atoms with Crippen molar-refractivity contribution < 1.29 is 0 Å². The molecule has 2 rings (SSSR count). The minimum absolute atomic E-state index is 0.809. The molecule has 0 saturated heterocycles. The fourth-order valence-electron chi connectivity index (χ4n) is 1.64. The zero-order valence-electron chi connectivity index (χ0n) is 8.35. The van der Waals surface area contributed by atoms with Crippen LogP contribution in [-0.4, -0.2) is 0 Å². The van der Waals surface area contributed by atoms with E-state index < -0.39 is 0 Å². The fraction of sp³-hybridized carbons (Fsp3) is 0.167. The highest BCUT2D eigenvalue weighted by atomic mass is 79.9. The van der Waals surface area contributed by atoms with Gasteiger partial charge >= 0.3 is 0 Å². The Bertz CT molecular complexity index is 521. The molecular formula is C12H11Br2N. The third-order valence-corrected chi connectivity index (χ3v) is 3.86. The molecule has 0 atom stereocenters. The summed E-state index contributed by atoms with van der Waals surface area (Å²) in [7, 11) is 0. The zero-order valence-corrected chi connectivity index (χ0v) is 11.5. The summed E-state index contributed by atoms with van der Waals surface area (Å²) >= 11 is 7.00. The lowest BCUT2D eigenvalue weighted by Gasteiger charge is -2.08. The van der Waals surface area contributed by atoms with Gasteiger partial charge in [0.25, 0.3) is 0 Å².